The Hall–Kier alpha value is -2.39. The number of benzene rings is 2. The minimum absolute atomic E-state index is 0. The summed E-state index contributed by atoms with van der Waals surface area (Å²) in [5.41, 5.74) is 7.22. The van der Waals surface area contributed by atoms with Crippen LogP contribution in [0.25, 0.3) is 0 Å². The van der Waals surface area contributed by atoms with Crippen LogP contribution < -0.4 is 15.8 Å². The number of aromatic nitrogens is 1. The topological polar surface area (TPSA) is 118 Å². The number of pyridine rings is 1. The average molecular weight is 515 g/mol. The van der Waals surface area contributed by atoms with Gasteiger partial charge in [-0.2, -0.15) is 0 Å². The summed E-state index contributed by atoms with van der Waals surface area (Å²) in [4.78, 5) is 15.1. The van der Waals surface area contributed by atoms with E-state index in [9.17, 15) is 15.0 Å². The van der Waals surface area contributed by atoms with Crippen LogP contribution in [0.1, 0.15) is 27.6 Å². The number of carbonyl (C=O) groups excluding carboxylic acids is 1. The summed E-state index contributed by atoms with van der Waals surface area (Å²) in [6.45, 7) is 0.219. The minimum Gasteiger partial charge on any atom is -0.439 e. The Bertz CT molecular complexity index is 1000. The van der Waals surface area contributed by atoms with E-state index in [2.05, 4.69) is 10.3 Å². The van der Waals surface area contributed by atoms with Crippen LogP contribution in [-0.4, -0.2) is 40.3 Å². The Morgan fingerprint density at radius 1 is 1.12 bits per heavy atom. The molecule has 33 heavy (non-hydrogen) atoms. The number of aliphatic hydroxyl groups excluding tert-OH is 2. The Morgan fingerprint density at radius 3 is 2.42 bits per heavy atom. The largest absolute Gasteiger partial charge is 0.439 e. The molecule has 1 heterocycles. The first-order valence-corrected chi connectivity index (χ1v) is 10.1. The molecule has 0 saturated carbocycles. The number of nitrogens with zero attached hydrogens (tertiary/aromatic N) is 1. The molecular formula is C23H26Cl3N3O4. The van der Waals surface area contributed by atoms with Gasteiger partial charge in [-0.05, 0) is 47.9 Å². The molecule has 2 aromatic carbocycles. The Morgan fingerprint density at radius 2 is 1.85 bits per heavy atom. The number of carbonyl (C=O) groups is 1. The number of hydrogen-bond donors (Lipinski definition) is 4. The van der Waals surface area contributed by atoms with Gasteiger partial charge in [0.1, 0.15) is 5.75 Å². The molecule has 0 unspecified atom stereocenters. The molecule has 0 radical (unpaired) electrons. The number of ether oxygens (including phenoxy) is 1. The molecule has 0 spiro atoms. The second-order valence-corrected chi connectivity index (χ2v) is 7.49. The zero-order valence-corrected chi connectivity index (χ0v) is 19.9. The van der Waals surface area contributed by atoms with Crippen molar-refractivity contribution in [3.63, 3.8) is 0 Å². The molecule has 7 nitrogen and oxygen atoms in total. The molecular weight excluding hydrogens is 489 g/mol. The molecule has 0 aliphatic heterocycles. The van der Waals surface area contributed by atoms with Gasteiger partial charge in [0.05, 0.1) is 18.3 Å². The fourth-order valence-corrected chi connectivity index (χ4v) is 3.20. The number of amides is 1. The van der Waals surface area contributed by atoms with Crippen LogP contribution in [0.15, 0.2) is 66.9 Å². The second-order valence-electron chi connectivity index (χ2n) is 7.06. The van der Waals surface area contributed by atoms with Crippen molar-refractivity contribution in [2.24, 2.45) is 5.73 Å². The zero-order valence-electron chi connectivity index (χ0n) is 17.6. The van der Waals surface area contributed by atoms with Crippen molar-refractivity contribution >= 4 is 42.3 Å². The summed E-state index contributed by atoms with van der Waals surface area (Å²) in [6, 6.07) is 17.4. The van der Waals surface area contributed by atoms with Gasteiger partial charge in [-0.1, -0.05) is 35.9 Å². The lowest BCUT2D eigenvalue weighted by Crippen LogP contribution is -2.37. The third-order valence-electron chi connectivity index (χ3n) is 4.70. The number of nitrogens with two attached hydrogens (primary N) is 1. The van der Waals surface area contributed by atoms with Gasteiger partial charge >= 0.3 is 0 Å². The highest BCUT2D eigenvalue weighted by molar-refractivity contribution is 6.30. The number of nitrogens with one attached hydrogen (secondary N) is 1. The van der Waals surface area contributed by atoms with Gasteiger partial charge in [-0.3, -0.25) is 4.79 Å². The molecule has 1 amide bonds. The Labute approximate surface area is 209 Å². The fraction of sp³-hybridized carbons (Fsp3) is 0.217. The molecule has 178 valence electrons. The maximum Gasteiger partial charge on any atom is 0.250 e. The standard InChI is InChI=1S/C23H24ClN3O4.2ClH/c24-18-3-1-2-16(11-18)21(29)13-26-19(14-28)10-15-4-7-20(8-5-15)31-22-9-6-17(12-27-22)23(25)30;;/h1-9,11-12,19,21,26,28-29H,10,13-14H2,(H2,25,30);2*1H/t19-,21-;;/m0../s1. The number of rotatable bonds is 10. The molecule has 0 fully saturated rings. The fourth-order valence-electron chi connectivity index (χ4n) is 3.00. The van der Waals surface area contributed by atoms with Crippen LogP contribution >= 0.6 is 36.4 Å². The number of hydrogen-bond acceptors (Lipinski definition) is 6. The third-order valence-corrected chi connectivity index (χ3v) is 4.94. The van der Waals surface area contributed by atoms with Crippen LogP contribution in [-0.2, 0) is 6.42 Å². The van der Waals surface area contributed by atoms with Gasteiger partial charge in [0.25, 0.3) is 0 Å². The normalized spacial score (nSPS) is 12.1. The summed E-state index contributed by atoms with van der Waals surface area (Å²) in [7, 11) is 0. The number of halogens is 3. The zero-order chi connectivity index (χ0) is 22.2. The van der Waals surface area contributed by atoms with Gasteiger partial charge in [-0.15, -0.1) is 24.8 Å². The Kier molecular flexibility index (Phi) is 12.2. The summed E-state index contributed by atoms with van der Waals surface area (Å²) in [6.07, 6.45) is 1.21. The van der Waals surface area contributed by atoms with Crippen molar-refractivity contribution in [1.29, 1.82) is 0 Å². The lowest BCUT2D eigenvalue weighted by atomic mass is 10.1. The van der Waals surface area contributed by atoms with E-state index in [1.807, 2.05) is 12.1 Å². The monoisotopic (exact) mass is 513 g/mol. The van der Waals surface area contributed by atoms with Crippen molar-refractivity contribution in [2.75, 3.05) is 13.2 Å². The molecule has 0 aliphatic carbocycles. The van der Waals surface area contributed by atoms with Crippen LogP contribution in [0, 0.1) is 0 Å². The average Bonchev–Trinajstić information content (AvgIpc) is 2.78. The highest BCUT2D eigenvalue weighted by atomic mass is 35.5. The van der Waals surface area contributed by atoms with Crippen molar-refractivity contribution in [2.45, 2.75) is 18.6 Å². The molecule has 0 bridgehead atoms. The van der Waals surface area contributed by atoms with E-state index in [0.29, 0.717) is 35.2 Å². The van der Waals surface area contributed by atoms with E-state index in [4.69, 9.17) is 22.1 Å². The number of aliphatic hydroxyl groups is 2. The lowest BCUT2D eigenvalue weighted by Gasteiger charge is -2.19. The smallest absolute Gasteiger partial charge is 0.250 e. The van der Waals surface area contributed by atoms with Crippen molar-refractivity contribution in [3.05, 3.63) is 88.6 Å². The summed E-state index contributed by atoms with van der Waals surface area (Å²) in [5, 5.41) is 23.8. The van der Waals surface area contributed by atoms with E-state index in [0.717, 1.165) is 11.1 Å². The maximum absolute atomic E-state index is 11.1. The van der Waals surface area contributed by atoms with Crippen LogP contribution in [0.5, 0.6) is 11.6 Å². The van der Waals surface area contributed by atoms with Gasteiger partial charge in [-0.25, -0.2) is 4.98 Å². The first-order valence-electron chi connectivity index (χ1n) is 9.75. The van der Waals surface area contributed by atoms with Gasteiger partial charge in [0, 0.05) is 29.9 Å². The first-order chi connectivity index (χ1) is 14.9. The van der Waals surface area contributed by atoms with Crippen LogP contribution in [0.3, 0.4) is 0 Å². The van der Waals surface area contributed by atoms with E-state index < -0.39 is 12.0 Å². The van der Waals surface area contributed by atoms with Gasteiger partial charge in [0.15, 0.2) is 0 Å². The van der Waals surface area contributed by atoms with E-state index in [1.54, 1.807) is 48.5 Å². The molecule has 5 N–H and O–H groups in total. The lowest BCUT2D eigenvalue weighted by molar-refractivity contribution is 0.1000. The van der Waals surface area contributed by atoms with Crippen molar-refractivity contribution < 1.29 is 19.7 Å². The summed E-state index contributed by atoms with van der Waals surface area (Å²) in [5.74, 6) is 0.395. The van der Waals surface area contributed by atoms with E-state index >= 15 is 0 Å². The molecule has 0 aliphatic rings. The summed E-state index contributed by atoms with van der Waals surface area (Å²) < 4.78 is 5.66. The molecule has 10 heteroatoms. The van der Waals surface area contributed by atoms with Crippen molar-refractivity contribution in [1.82, 2.24) is 10.3 Å². The van der Waals surface area contributed by atoms with E-state index in [1.165, 1.54) is 6.20 Å². The Balaban J connectivity index is 0.00000272. The quantitative estimate of drug-likeness (QED) is 0.328. The highest BCUT2D eigenvalue weighted by Crippen LogP contribution is 2.21. The molecule has 3 aromatic rings. The summed E-state index contributed by atoms with van der Waals surface area (Å²) >= 11 is 5.97. The van der Waals surface area contributed by atoms with Gasteiger partial charge < -0.3 is 26.0 Å². The van der Waals surface area contributed by atoms with Crippen LogP contribution in [0.4, 0.5) is 0 Å². The molecule has 2 atom stereocenters. The predicted molar refractivity (Wildman–Crippen MR) is 133 cm³/mol. The predicted octanol–water partition coefficient (Wildman–Crippen LogP) is 3.70. The molecule has 1 aromatic heterocycles. The highest BCUT2D eigenvalue weighted by Gasteiger charge is 2.13. The maximum atomic E-state index is 11.1. The minimum atomic E-state index is -0.725. The number of primary amides is 1. The molecule has 0 saturated heterocycles. The van der Waals surface area contributed by atoms with E-state index in [-0.39, 0.29) is 37.5 Å². The third kappa shape index (κ3) is 8.81. The van der Waals surface area contributed by atoms with Gasteiger partial charge in [0.2, 0.25) is 11.8 Å². The second kappa shape index (κ2) is 14.0. The SMILES string of the molecule is Cl.Cl.NC(=O)c1ccc(Oc2ccc(C[C@@H](CO)NC[C@H](O)c3cccc(Cl)c3)cc2)nc1. The first kappa shape index (κ1) is 28.6. The van der Waals surface area contributed by atoms with Crippen LogP contribution in [0.2, 0.25) is 5.02 Å². The molecule has 3 rings (SSSR count). The van der Waals surface area contributed by atoms with Crippen molar-refractivity contribution in [3.8, 4) is 11.6 Å².